The first-order valence-electron chi connectivity index (χ1n) is 6.17. The van der Waals surface area contributed by atoms with Crippen LogP contribution in [0.25, 0.3) is 0 Å². The first-order valence-corrected chi connectivity index (χ1v) is 6.55. The summed E-state index contributed by atoms with van der Waals surface area (Å²) < 4.78 is 2.09. The predicted octanol–water partition coefficient (Wildman–Crippen LogP) is 0.202. The van der Waals surface area contributed by atoms with Crippen LogP contribution < -0.4 is 21.5 Å². The van der Waals surface area contributed by atoms with Crippen molar-refractivity contribution in [1.82, 2.24) is 0 Å². The molecular weight excluding hydrogens is 340 g/mol. The molecule has 0 fully saturated rings. The molecule has 0 spiro atoms. The van der Waals surface area contributed by atoms with E-state index in [2.05, 4.69) is 16.6 Å². The minimum Gasteiger partial charge on any atom is -1.00 e. The molecule has 0 bridgehead atoms. The van der Waals surface area contributed by atoms with Crippen LogP contribution in [-0.4, -0.2) is 6.21 Å². The van der Waals surface area contributed by atoms with Crippen LogP contribution in [0.3, 0.4) is 0 Å². The zero-order valence-electron chi connectivity index (χ0n) is 11.2. The average molecular weight is 356 g/mol. The average Bonchev–Trinajstić information content (AvgIpc) is 2.46. The van der Waals surface area contributed by atoms with Gasteiger partial charge in [0.05, 0.1) is 6.21 Å². The normalized spacial score (nSPS) is 10.3. The fourth-order valence-electron chi connectivity index (χ4n) is 1.59. The maximum atomic E-state index is 6.02. The molecule has 2 aromatic rings. The van der Waals surface area contributed by atoms with E-state index in [9.17, 15) is 0 Å². The monoisotopic (exact) mass is 354 g/mol. The Morgan fingerprint density at radius 3 is 2.55 bits per heavy atom. The number of hydrogen-bond acceptors (Lipinski definition) is 2. The van der Waals surface area contributed by atoms with E-state index < -0.39 is 0 Å². The Bertz CT molecular complexity index is 558. The fraction of sp³-hybridized carbons (Fsp3) is 0.200. The lowest BCUT2D eigenvalue weighted by atomic mass is 10.2. The van der Waals surface area contributed by atoms with E-state index in [0.717, 1.165) is 17.7 Å². The summed E-state index contributed by atoms with van der Waals surface area (Å²) in [4.78, 5) is 5.24. The molecule has 0 aliphatic heterocycles. The first-order chi connectivity index (χ1) is 9.29. The second-order valence-electron chi connectivity index (χ2n) is 4.06. The van der Waals surface area contributed by atoms with E-state index in [1.54, 1.807) is 6.21 Å². The molecule has 5 heteroatoms. The van der Waals surface area contributed by atoms with Crippen molar-refractivity contribution in [1.29, 1.82) is 0 Å². The molecule has 1 aromatic carbocycles. The van der Waals surface area contributed by atoms with Crippen LogP contribution in [0, 0.1) is 0 Å². The van der Waals surface area contributed by atoms with Crippen LogP contribution in [0.2, 0.25) is 5.02 Å². The second kappa shape index (κ2) is 8.72. The molecular formula is C15H16BrClN2O. The number of halogens is 2. The van der Waals surface area contributed by atoms with Gasteiger partial charge in [0.2, 0.25) is 0 Å². The summed E-state index contributed by atoms with van der Waals surface area (Å²) in [6, 6.07) is 11.6. The SMILES string of the molecule is CC[n+]1ccc(/C=N/OCc2ccccc2Cl)cc1.[Br-]. The molecule has 1 aromatic heterocycles. The highest BCUT2D eigenvalue weighted by Crippen LogP contribution is 2.15. The summed E-state index contributed by atoms with van der Waals surface area (Å²) in [7, 11) is 0. The van der Waals surface area contributed by atoms with Gasteiger partial charge in [-0.25, -0.2) is 4.57 Å². The molecule has 106 valence electrons. The molecule has 2 rings (SSSR count). The first kappa shape index (κ1) is 16.7. The highest BCUT2D eigenvalue weighted by atomic mass is 79.9. The molecule has 0 unspecified atom stereocenters. The summed E-state index contributed by atoms with van der Waals surface area (Å²) in [5.74, 6) is 0. The lowest BCUT2D eigenvalue weighted by molar-refractivity contribution is -0.693. The van der Waals surface area contributed by atoms with Gasteiger partial charge in [-0.2, -0.15) is 0 Å². The highest BCUT2D eigenvalue weighted by Gasteiger charge is 1.98. The molecule has 0 aliphatic carbocycles. The number of hydrogen-bond donors (Lipinski definition) is 0. The van der Waals surface area contributed by atoms with Crippen molar-refractivity contribution in [2.45, 2.75) is 20.1 Å². The van der Waals surface area contributed by atoms with Gasteiger partial charge in [-0.3, -0.25) is 0 Å². The van der Waals surface area contributed by atoms with E-state index in [-0.39, 0.29) is 17.0 Å². The summed E-state index contributed by atoms with van der Waals surface area (Å²) >= 11 is 6.02. The van der Waals surface area contributed by atoms with Crippen molar-refractivity contribution in [3.8, 4) is 0 Å². The van der Waals surface area contributed by atoms with Gasteiger partial charge in [0.1, 0.15) is 13.2 Å². The molecule has 0 aliphatic rings. The molecule has 0 radical (unpaired) electrons. The standard InChI is InChI=1S/C15H16ClN2O.BrH/c1-2-18-9-7-13(8-10-18)11-17-19-12-14-5-3-4-6-15(14)16;/h3-11H,2,12H2,1H3;1H/q+1;/p-1/b17-11+;. The van der Waals surface area contributed by atoms with Gasteiger partial charge >= 0.3 is 0 Å². The summed E-state index contributed by atoms with van der Waals surface area (Å²) in [5, 5.41) is 4.64. The van der Waals surface area contributed by atoms with Crippen LogP contribution >= 0.6 is 11.6 Å². The highest BCUT2D eigenvalue weighted by molar-refractivity contribution is 6.31. The Hall–Kier alpha value is -1.39. The van der Waals surface area contributed by atoms with Crippen molar-refractivity contribution in [3.05, 3.63) is 64.9 Å². The lowest BCUT2D eigenvalue weighted by Gasteiger charge is -2.01. The van der Waals surface area contributed by atoms with E-state index in [1.165, 1.54) is 0 Å². The number of benzene rings is 1. The molecule has 3 nitrogen and oxygen atoms in total. The van der Waals surface area contributed by atoms with Gasteiger partial charge in [0.25, 0.3) is 0 Å². The predicted molar refractivity (Wildman–Crippen MR) is 76.1 cm³/mol. The molecule has 0 N–H and O–H groups in total. The van der Waals surface area contributed by atoms with Crippen molar-refractivity contribution in [3.63, 3.8) is 0 Å². The van der Waals surface area contributed by atoms with E-state index in [0.29, 0.717) is 11.6 Å². The Kier molecular flexibility index (Phi) is 7.26. The van der Waals surface area contributed by atoms with Gasteiger partial charge in [-0.1, -0.05) is 35.0 Å². The van der Waals surface area contributed by atoms with E-state index in [1.807, 2.05) is 48.8 Å². The largest absolute Gasteiger partial charge is 1.00 e. The third-order valence-electron chi connectivity index (χ3n) is 2.74. The Morgan fingerprint density at radius 2 is 1.90 bits per heavy atom. The Balaban J connectivity index is 0.00000200. The molecule has 20 heavy (non-hydrogen) atoms. The second-order valence-corrected chi connectivity index (χ2v) is 4.47. The molecule has 0 saturated heterocycles. The van der Waals surface area contributed by atoms with Crippen LogP contribution in [0.1, 0.15) is 18.1 Å². The lowest BCUT2D eigenvalue weighted by Crippen LogP contribution is -3.00. The number of rotatable bonds is 5. The fourth-order valence-corrected chi connectivity index (χ4v) is 1.78. The molecule has 0 amide bonds. The smallest absolute Gasteiger partial charge is 0.169 e. The summed E-state index contributed by atoms with van der Waals surface area (Å²) in [6.45, 7) is 3.43. The quantitative estimate of drug-likeness (QED) is 0.427. The van der Waals surface area contributed by atoms with Crippen LogP contribution in [0.15, 0.2) is 53.9 Å². The topological polar surface area (TPSA) is 25.5 Å². The number of oxime groups is 1. The molecule has 1 heterocycles. The number of aryl methyl sites for hydroxylation is 1. The summed E-state index contributed by atoms with van der Waals surface area (Å²) in [6.07, 6.45) is 5.71. The third kappa shape index (κ3) is 4.94. The van der Waals surface area contributed by atoms with Gasteiger partial charge < -0.3 is 21.8 Å². The maximum absolute atomic E-state index is 6.02. The molecule has 0 saturated carbocycles. The van der Waals surface area contributed by atoms with E-state index >= 15 is 0 Å². The van der Waals surface area contributed by atoms with Crippen molar-refractivity contribution >= 4 is 17.8 Å². The van der Waals surface area contributed by atoms with Gasteiger partial charge in [0.15, 0.2) is 12.4 Å². The van der Waals surface area contributed by atoms with Gasteiger partial charge in [-0.15, -0.1) is 0 Å². The molecule has 0 atom stereocenters. The zero-order valence-corrected chi connectivity index (χ0v) is 13.5. The van der Waals surface area contributed by atoms with Gasteiger partial charge in [-0.05, 0) is 13.0 Å². The van der Waals surface area contributed by atoms with E-state index in [4.69, 9.17) is 16.4 Å². The van der Waals surface area contributed by atoms with Crippen molar-refractivity contribution in [2.24, 2.45) is 5.16 Å². The minimum absolute atomic E-state index is 0. The van der Waals surface area contributed by atoms with Crippen molar-refractivity contribution < 1.29 is 26.4 Å². The maximum Gasteiger partial charge on any atom is 0.169 e. The summed E-state index contributed by atoms with van der Waals surface area (Å²) in [5.41, 5.74) is 1.93. The van der Waals surface area contributed by atoms with Crippen molar-refractivity contribution in [2.75, 3.05) is 0 Å². The van der Waals surface area contributed by atoms with Crippen LogP contribution in [0.5, 0.6) is 0 Å². The van der Waals surface area contributed by atoms with Gasteiger partial charge in [0, 0.05) is 28.3 Å². The Labute approximate surface area is 134 Å². The zero-order chi connectivity index (χ0) is 13.5. The number of nitrogens with zero attached hydrogens (tertiary/aromatic N) is 2. The minimum atomic E-state index is 0. The Morgan fingerprint density at radius 1 is 1.20 bits per heavy atom. The number of aromatic nitrogens is 1. The van der Waals surface area contributed by atoms with Crippen LogP contribution in [-0.2, 0) is 18.0 Å². The van der Waals surface area contributed by atoms with Crippen LogP contribution in [0.4, 0.5) is 0 Å². The number of pyridine rings is 1. The third-order valence-corrected chi connectivity index (χ3v) is 3.11.